The molecule has 3 heterocycles. The fourth-order valence-electron chi connectivity index (χ4n) is 3.50. The number of carbonyl (C=O) groups is 1. The van der Waals surface area contributed by atoms with Crippen molar-refractivity contribution in [2.24, 2.45) is 0 Å². The minimum Gasteiger partial charge on any atom is -0.353 e. The van der Waals surface area contributed by atoms with Gasteiger partial charge in [0.25, 0.3) is 5.91 Å². The van der Waals surface area contributed by atoms with Crippen LogP contribution in [-0.4, -0.2) is 47.2 Å². The third-order valence-electron chi connectivity index (χ3n) is 4.85. The van der Waals surface area contributed by atoms with Crippen LogP contribution in [0.4, 0.5) is 5.82 Å². The molecule has 1 fully saturated rings. The molecule has 4 rings (SSSR count). The first kappa shape index (κ1) is 15.6. The lowest BCUT2D eigenvalue weighted by molar-refractivity contribution is 0.0772. The van der Waals surface area contributed by atoms with Crippen LogP contribution in [0.15, 0.2) is 18.2 Å². The van der Waals surface area contributed by atoms with Gasteiger partial charge in [-0.1, -0.05) is 0 Å². The third-order valence-corrected chi connectivity index (χ3v) is 6.07. The molecule has 1 aliphatic carbocycles. The first-order chi connectivity index (χ1) is 11.7. The van der Waals surface area contributed by atoms with E-state index < -0.39 is 0 Å². The summed E-state index contributed by atoms with van der Waals surface area (Å²) in [7, 11) is 0. The van der Waals surface area contributed by atoms with Gasteiger partial charge < -0.3 is 9.80 Å². The molecule has 0 bridgehead atoms. The van der Waals surface area contributed by atoms with E-state index in [2.05, 4.69) is 21.2 Å². The monoisotopic (exact) mass is 342 g/mol. The van der Waals surface area contributed by atoms with E-state index in [0.29, 0.717) is 0 Å². The quantitative estimate of drug-likeness (QED) is 0.842. The molecule has 0 aromatic carbocycles. The van der Waals surface area contributed by atoms with Gasteiger partial charge in [0, 0.05) is 31.1 Å². The van der Waals surface area contributed by atoms with Crippen molar-refractivity contribution in [3.05, 3.63) is 39.2 Å². The Bertz CT molecular complexity index is 718. The van der Waals surface area contributed by atoms with Gasteiger partial charge in [-0.2, -0.15) is 5.10 Å². The SMILES string of the molecule is Cc1ccc(N2CCCN(C(=O)c3cc4c(s3)CCC4)CC2)nn1. The molecule has 24 heavy (non-hydrogen) atoms. The van der Waals surface area contributed by atoms with Crippen molar-refractivity contribution >= 4 is 23.1 Å². The summed E-state index contributed by atoms with van der Waals surface area (Å²) in [6.07, 6.45) is 4.49. The molecular formula is C18H22N4OS. The third kappa shape index (κ3) is 3.02. The van der Waals surface area contributed by atoms with Gasteiger partial charge in [0.2, 0.25) is 0 Å². The molecular weight excluding hydrogens is 320 g/mol. The van der Waals surface area contributed by atoms with Crippen LogP contribution in [0.5, 0.6) is 0 Å². The predicted octanol–water partition coefficient (Wildman–Crippen LogP) is 2.69. The molecule has 2 aromatic rings. The van der Waals surface area contributed by atoms with Gasteiger partial charge in [0.15, 0.2) is 5.82 Å². The smallest absolute Gasteiger partial charge is 0.263 e. The zero-order valence-electron chi connectivity index (χ0n) is 14.0. The van der Waals surface area contributed by atoms with Gasteiger partial charge in [0.05, 0.1) is 10.6 Å². The summed E-state index contributed by atoms with van der Waals surface area (Å²) in [4.78, 5) is 19.4. The van der Waals surface area contributed by atoms with E-state index in [1.165, 1.54) is 16.9 Å². The van der Waals surface area contributed by atoms with Gasteiger partial charge in [-0.25, -0.2) is 0 Å². The average molecular weight is 342 g/mol. The van der Waals surface area contributed by atoms with Crippen molar-refractivity contribution in [3.63, 3.8) is 0 Å². The van der Waals surface area contributed by atoms with Crippen LogP contribution in [0.3, 0.4) is 0 Å². The van der Waals surface area contributed by atoms with Crippen molar-refractivity contribution in [1.82, 2.24) is 15.1 Å². The molecule has 0 N–H and O–H groups in total. The molecule has 0 radical (unpaired) electrons. The zero-order chi connectivity index (χ0) is 16.5. The van der Waals surface area contributed by atoms with E-state index in [0.717, 1.165) is 61.8 Å². The van der Waals surface area contributed by atoms with Gasteiger partial charge in [-0.3, -0.25) is 4.79 Å². The van der Waals surface area contributed by atoms with Crippen molar-refractivity contribution < 1.29 is 4.79 Å². The van der Waals surface area contributed by atoms with Crippen LogP contribution in [-0.2, 0) is 12.8 Å². The van der Waals surface area contributed by atoms with Crippen LogP contribution in [0.2, 0.25) is 0 Å². The van der Waals surface area contributed by atoms with Crippen LogP contribution in [0.1, 0.15) is 38.6 Å². The first-order valence-corrected chi connectivity index (χ1v) is 9.48. The van der Waals surface area contributed by atoms with Crippen LogP contribution in [0.25, 0.3) is 0 Å². The van der Waals surface area contributed by atoms with Gasteiger partial charge >= 0.3 is 0 Å². The number of amides is 1. The first-order valence-electron chi connectivity index (χ1n) is 8.67. The maximum absolute atomic E-state index is 12.8. The number of nitrogens with zero attached hydrogens (tertiary/aromatic N) is 4. The maximum atomic E-state index is 12.8. The highest BCUT2D eigenvalue weighted by molar-refractivity contribution is 7.14. The second kappa shape index (κ2) is 6.51. The molecule has 0 spiro atoms. The molecule has 126 valence electrons. The second-order valence-electron chi connectivity index (χ2n) is 6.58. The summed E-state index contributed by atoms with van der Waals surface area (Å²) in [5.41, 5.74) is 2.32. The van der Waals surface area contributed by atoms with E-state index in [1.54, 1.807) is 11.3 Å². The van der Waals surface area contributed by atoms with Crippen molar-refractivity contribution in [2.45, 2.75) is 32.6 Å². The van der Waals surface area contributed by atoms with Crippen LogP contribution in [0, 0.1) is 6.92 Å². The van der Waals surface area contributed by atoms with Gasteiger partial charge in [0.1, 0.15) is 0 Å². The van der Waals surface area contributed by atoms with Crippen molar-refractivity contribution in [3.8, 4) is 0 Å². The lowest BCUT2D eigenvalue weighted by Gasteiger charge is -2.22. The molecule has 5 nitrogen and oxygen atoms in total. The Morgan fingerprint density at radius 2 is 2.00 bits per heavy atom. The molecule has 0 saturated carbocycles. The summed E-state index contributed by atoms with van der Waals surface area (Å²) in [5.74, 6) is 1.11. The molecule has 1 saturated heterocycles. The normalized spacial score (nSPS) is 17.7. The minimum absolute atomic E-state index is 0.200. The van der Waals surface area contributed by atoms with Gasteiger partial charge in [-0.05, 0) is 56.4 Å². The Morgan fingerprint density at radius 3 is 2.79 bits per heavy atom. The Kier molecular flexibility index (Phi) is 4.22. The number of hydrogen-bond acceptors (Lipinski definition) is 5. The minimum atomic E-state index is 0.200. The van der Waals surface area contributed by atoms with E-state index in [-0.39, 0.29) is 5.91 Å². The number of hydrogen-bond donors (Lipinski definition) is 0. The Labute approximate surface area is 146 Å². The summed E-state index contributed by atoms with van der Waals surface area (Å²) < 4.78 is 0. The highest BCUT2D eigenvalue weighted by Crippen LogP contribution is 2.31. The molecule has 1 amide bonds. The molecule has 0 atom stereocenters. The summed E-state index contributed by atoms with van der Waals surface area (Å²) in [5, 5.41) is 8.42. The number of carbonyl (C=O) groups excluding carboxylic acids is 1. The summed E-state index contributed by atoms with van der Waals surface area (Å²) in [6, 6.07) is 6.14. The average Bonchev–Trinajstić information content (AvgIpc) is 3.09. The van der Waals surface area contributed by atoms with E-state index >= 15 is 0 Å². The molecule has 6 heteroatoms. The largest absolute Gasteiger partial charge is 0.353 e. The molecule has 0 unspecified atom stereocenters. The lowest BCUT2D eigenvalue weighted by atomic mass is 10.2. The number of rotatable bonds is 2. The second-order valence-corrected chi connectivity index (χ2v) is 7.72. The Morgan fingerprint density at radius 1 is 1.08 bits per heavy atom. The number of fused-ring (bicyclic) bond motifs is 1. The molecule has 2 aliphatic rings. The molecule has 1 aliphatic heterocycles. The number of thiophene rings is 1. The predicted molar refractivity (Wildman–Crippen MR) is 95.8 cm³/mol. The summed E-state index contributed by atoms with van der Waals surface area (Å²) in [6.45, 7) is 5.24. The highest BCUT2D eigenvalue weighted by atomic mass is 32.1. The van der Waals surface area contributed by atoms with E-state index in [4.69, 9.17) is 0 Å². The summed E-state index contributed by atoms with van der Waals surface area (Å²) >= 11 is 1.70. The lowest BCUT2D eigenvalue weighted by Crippen LogP contribution is -2.35. The van der Waals surface area contributed by atoms with Crippen molar-refractivity contribution in [2.75, 3.05) is 31.1 Å². The van der Waals surface area contributed by atoms with Crippen molar-refractivity contribution in [1.29, 1.82) is 0 Å². The van der Waals surface area contributed by atoms with Crippen LogP contribution >= 0.6 is 11.3 Å². The number of aromatic nitrogens is 2. The number of anilines is 1. The topological polar surface area (TPSA) is 49.3 Å². The Balaban J connectivity index is 1.44. The standard InChI is InChI=1S/C18H22N4OS/c1-13-6-7-17(20-19-13)21-8-3-9-22(11-10-21)18(23)16-12-14-4-2-5-15(14)24-16/h6-7,12H,2-5,8-11H2,1H3. The fourth-order valence-corrected chi connectivity index (χ4v) is 4.72. The Hall–Kier alpha value is -1.95. The van der Waals surface area contributed by atoms with E-state index in [1.807, 2.05) is 24.0 Å². The van der Waals surface area contributed by atoms with E-state index in [9.17, 15) is 4.79 Å². The highest BCUT2D eigenvalue weighted by Gasteiger charge is 2.24. The van der Waals surface area contributed by atoms with Gasteiger partial charge in [-0.15, -0.1) is 16.4 Å². The maximum Gasteiger partial charge on any atom is 0.263 e. The number of aryl methyl sites for hydroxylation is 3. The molecule has 2 aromatic heterocycles. The zero-order valence-corrected chi connectivity index (χ0v) is 14.8. The fraction of sp³-hybridized carbons (Fsp3) is 0.500. The van der Waals surface area contributed by atoms with Crippen LogP contribution < -0.4 is 4.90 Å².